The number of hydrogen-bond donors (Lipinski definition) is 1. The highest BCUT2D eigenvalue weighted by Crippen LogP contribution is 2.38. The Bertz CT molecular complexity index is 341. The molecule has 6 heteroatoms. The van der Waals surface area contributed by atoms with Gasteiger partial charge in [-0.15, -0.1) is 11.6 Å². The van der Waals surface area contributed by atoms with Gasteiger partial charge in [-0.2, -0.15) is 0 Å². The van der Waals surface area contributed by atoms with Crippen molar-refractivity contribution in [2.45, 2.75) is 127 Å². The molecule has 0 aliphatic carbocycles. The maximum Gasteiger partial charge on any atom is 0.503 e. The van der Waals surface area contributed by atoms with Crippen LogP contribution in [0.4, 0.5) is 0 Å². The van der Waals surface area contributed by atoms with Gasteiger partial charge in [0.05, 0.1) is 0 Å². The topological polar surface area (TPSA) is 62.7 Å². The van der Waals surface area contributed by atoms with Crippen molar-refractivity contribution in [3.63, 3.8) is 0 Å². The SMILES string of the molecule is CCCCCCCCCCCCCCCC(CC(C)(C)Cl)[Si](OC)(OC)OC.N. The zero-order valence-corrected chi connectivity index (χ0v) is 22.2. The van der Waals surface area contributed by atoms with E-state index in [4.69, 9.17) is 24.9 Å². The first-order chi connectivity index (χ1) is 13.3. The van der Waals surface area contributed by atoms with Crippen molar-refractivity contribution in [3.05, 3.63) is 0 Å². The van der Waals surface area contributed by atoms with Crippen molar-refractivity contribution < 1.29 is 13.3 Å². The van der Waals surface area contributed by atoms with Gasteiger partial charge in [0.25, 0.3) is 0 Å². The van der Waals surface area contributed by atoms with Crippen molar-refractivity contribution in [2.75, 3.05) is 21.3 Å². The smallest absolute Gasteiger partial charge is 0.377 e. The quantitative estimate of drug-likeness (QED) is 0.114. The van der Waals surface area contributed by atoms with Gasteiger partial charge in [0.15, 0.2) is 0 Å². The fourth-order valence-electron chi connectivity index (χ4n) is 4.15. The van der Waals surface area contributed by atoms with E-state index in [-0.39, 0.29) is 16.6 Å². The molecule has 0 rings (SSSR count). The van der Waals surface area contributed by atoms with E-state index in [2.05, 4.69) is 20.8 Å². The van der Waals surface area contributed by atoms with Gasteiger partial charge in [-0.05, 0) is 26.7 Å². The van der Waals surface area contributed by atoms with Crippen LogP contribution < -0.4 is 6.15 Å². The summed E-state index contributed by atoms with van der Waals surface area (Å²) >= 11 is 6.52. The number of halogens is 1. The highest BCUT2D eigenvalue weighted by atomic mass is 35.5. The number of unbranched alkanes of at least 4 members (excludes halogenated alkanes) is 12. The molecule has 0 saturated carbocycles. The molecule has 4 nitrogen and oxygen atoms in total. The Morgan fingerprint density at radius 1 is 0.690 bits per heavy atom. The van der Waals surface area contributed by atoms with Crippen LogP contribution in [0.1, 0.15) is 117 Å². The number of hydrogen-bond acceptors (Lipinski definition) is 4. The lowest BCUT2D eigenvalue weighted by atomic mass is 10.0. The van der Waals surface area contributed by atoms with Crippen molar-refractivity contribution >= 4 is 20.4 Å². The predicted octanol–water partition coefficient (Wildman–Crippen LogP) is 8.29. The molecule has 1 atom stereocenters. The summed E-state index contributed by atoms with van der Waals surface area (Å²) in [5.74, 6) is 0. The zero-order valence-electron chi connectivity index (χ0n) is 20.5. The van der Waals surface area contributed by atoms with Crippen molar-refractivity contribution in [3.8, 4) is 0 Å². The fraction of sp³-hybridized carbons (Fsp3) is 1.00. The monoisotopic (exact) mass is 453 g/mol. The molecule has 0 fully saturated rings. The van der Waals surface area contributed by atoms with Gasteiger partial charge in [-0.3, -0.25) is 0 Å². The van der Waals surface area contributed by atoms with E-state index in [1.807, 2.05) is 0 Å². The third-order valence-electron chi connectivity index (χ3n) is 5.74. The maximum absolute atomic E-state index is 6.52. The minimum Gasteiger partial charge on any atom is -0.377 e. The van der Waals surface area contributed by atoms with Crippen LogP contribution in [0, 0.1) is 0 Å². The molecule has 0 aliphatic rings. The van der Waals surface area contributed by atoms with E-state index < -0.39 is 8.80 Å². The second kappa shape index (κ2) is 19.1. The Morgan fingerprint density at radius 2 is 1.03 bits per heavy atom. The summed E-state index contributed by atoms with van der Waals surface area (Å²) in [4.78, 5) is -0.269. The minimum atomic E-state index is -2.64. The molecule has 0 saturated heterocycles. The van der Waals surface area contributed by atoms with Gasteiger partial charge in [0.1, 0.15) is 0 Å². The van der Waals surface area contributed by atoms with Crippen molar-refractivity contribution in [1.82, 2.24) is 6.15 Å². The average molecular weight is 454 g/mol. The van der Waals surface area contributed by atoms with E-state index in [9.17, 15) is 0 Å². The molecule has 3 N–H and O–H groups in total. The largest absolute Gasteiger partial charge is 0.503 e. The van der Waals surface area contributed by atoms with Gasteiger partial charge in [0.2, 0.25) is 0 Å². The van der Waals surface area contributed by atoms with Crippen LogP contribution in [0.15, 0.2) is 0 Å². The first-order valence-electron chi connectivity index (χ1n) is 11.7. The van der Waals surface area contributed by atoms with Gasteiger partial charge in [-0.25, -0.2) is 0 Å². The molecule has 0 bridgehead atoms. The first-order valence-corrected chi connectivity index (χ1v) is 13.9. The molecule has 0 aromatic carbocycles. The summed E-state index contributed by atoms with van der Waals surface area (Å²) in [6.45, 7) is 6.40. The Hall–Kier alpha value is 0.347. The summed E-state index contributed by atoms with van der Waals surface area (Å²) in [5.41, 5.74) is 0.257. The van der Waals surface area contributed by atoms with Crippen LogP contribution >= 0.6 is 11.6 Å². The average Bonchev–Trinajstić information content (AvgIpc) is 2.66. The van der Waals surface area contributed by atoms with Gasteiger partial charge in [-0.1, -0.05) is 90.4 Å². The fourth-order valence-corrected chi connectivity index (χ4v) is 7.28. The van der Waals surface area contributed by atoms with Gasteiger partial charge in [0, 0.05) is 31.7 Å². The van der Waals surface area contributed by atoms with Crippen molar-refractivity contribution in [2.24, 2.45) is 0 Å². The molecule has 0 heterocycles. The number of alkyl halides is 1. The normalized spacial score (nSPS) is 13.3. The minimum absolute atomic E-state index is 0. The third kappa shape index (κ3) is 15.7. The van der Waals surface area contributed by atoms with Crippen LogP contribution in [-0.2, 0) is 13.3 Å². The molecule has 0 amide bonds. The van der Waals surface area contributed by atoms with E-state index in [0.717, 1.165) is 12.8 Å². The highest BCUT2D eigenvalue weighted by molar-refractivity contribution is 6.62. The second-order valence-corrected chi connectivity index (χ2v) is 13.1. The van der Waals surface area contributed by atoms with Gasteiger partial charge < -0.3 is 19.4 Å². The molecule has 29 heavy (non-hydrogen) atoms. The van der Waals surface area contributed by atoms with E-state index in [1.54, 1.807) is 21.3 Å². The van der Waals surface area contributed by atoms with Crippen LogP contribution in [-0.4, -0.2) is 35.0 Å². The Balaban J connectivity index is 0. The molecule has 0 radical (unpaired) electrons. The molecule has 178 valence electrons. The Labute approximate surface area is 188 Å². The molecule has 0 aromatic heterocycles. The maximum atomic E-state index is 6.52. The lowest BCUT2D eigenvalue weighted by Gasteiger charge is -2.35. The summed E-state index contributed by atoms with van der Waals surface area (Å²) < 4.78 is 17.2. The summed E-state index contributed by atoms with van der Waals surface area (Å²) in [6, 6.07) is 0. The summed E-state index contributed by atoms with van der Waals surface area (Å²) in [6.07, 6.45) is 19.8. The first kappa shape index (κ1) is 31.5. The number of rotatable bonds is 20. The molecule has 0 spiro atoms. The third-order valence-corrected chi connectivity index (χ3v) is 9.10. The summed E-state index contributed by atoms with van der Waals surface area (Å²) in [7, 11) is 2.47. The molecule has 0 aliphatic heterocycles. The van der Waals surface area contributed by atoms with Crippen LogP contribution in [0.25, 0.3) is 0 Å². The zero-order chi connectivity index (χ0) is 21.3. The molecular weight excluding hydrogens is 402 g/mol. The highest BCUT2D eigenvalue weighted by Gasteiger charge is 2.48. The Morgan fingerprint density at radius 3 is 1.34 bits per heavy atom. The molecule has 1 unspecified atom stereocenters. The van der Waals surface area contributed by atoms with Crippen molar-refractivity contribution in [1.29, 1.82) is 0 Å². The Kier molecular flexibility index (Phi) is 20.7. The van der Waals surface area contributed by atoms with Crippen LogP contribution in [0.5, 0.6) is 0 Å². The van der Waals surface area contributed by atoms with E-state index in [1.165, 1.54) is 83.5 Å². The lowest BCUT2D eigenvalue weighted by Crippen LogP contribution is -2.49. The lowest BCUT2D eigenvalue weighted by molar-refractivity contribution is 0.106. The van der Waals surface area contributed by atoms with Gasteiger partial charge >= 0.3 is 8.80 Å². The van der Waals surface area contributed by atoms with Crippen LogP contribution in [0.3, 0.4) is 0 Å². The standard InChI is InChI=1S/C23H49ClO3Si.H3N/c1-7-8-9-10-11-12-13-14-15-16-17-18-19-20-22(21-23(2,3)24)28(25-4,26-5)27-6;/h22H,7-21H2,1-6H3;1H3. The van der Waals surface area contributed by atoms with E-state index in [0.29, 0.717) is 0 Å². The molecular formula is C23H52ClNO3Si. The van der Waals surface area contributed by atoms with E-state index >= 15 is 0 Å². The second-order valence-electron chi connectivity index (χ2n) is 8.87. The summed E-state index contributed by atoms with van der Waals surface area (Å²) in [5, 5.41) is 0. The molecule has 0 aromatic rings. The van der Waals surface area contributed by atoms with Crippen LogP contribution in [0.2, 0.25) is 5.54 Å². The predicted molar refractivity (Wildman–Crippen MR) is 130 cm³/mol.